The Bertz CT molecular complexity index is 857. The topological polar surface area (TPSA) is 58.6 Å². The maximum Gasteiger partial charge on any atom is 0.227 e. The Balaban J connectivity index is 1.20. The van der Waals surface area contributed by atoms with Gasteiger partial charge in [-0.2, -0.15) is 11.3 Å². The summed E-state index contributed by atoms with van der Waals surface area (Å²) in [4.78, 5) is 27.1. The molecule has 1 aliphatic carbocycles. The van der Waals surface area contributed by atoms with E-state index in [0.29, 0.717) is 13.0 Å². The molecule has 1 aliphatic heterocycles. The molecule has 4 rings (SSSR count). The van der Waals surface area contributed by atoms with Crippen LogP contribution < -0.4 is 10.1 Å². The van der Waals surface area contributed by atoms with E-state index in [9.17, 15) is 9.59 Å². The van der Waals surface area contributed by atoms with Crippen molar-refractivity contribution >= 4 is 23.2 Å². The molecule has 2 amide bonds. The highest BCUT2D eigenvalue weighted by atomic mass is 32.1. The van der Waals surface area contributed by atoms with Crippen LogP contribution in [-0.4, -0.2) is 43.5 Å². The number of piperidine rings is 1. The molecule has 0 radical (unpaired) electrons. The van der Waals surface area contributed by atoms with E-state index in [2.05, 4.69) is 11.4 Å². The van der Waals surface area contributed by atoms with Crippen molar-refractivity contribution in [2.75, 3.05) is 26.7 Å². The Labute approximate surface area is 176 Å². The number of benzene rings is 1. The van der Waals surface area contributed by atoms with Crippen LogP contribution in [0, 0.1) is 11.3 Å². The van der Waals surface area contributed by atoms with Crippen molar-refractivity contribution in [1.82, 2.24) is 10.2 Å². The van der Waals surface area contributed by atoms with Crippen LogP contribution in [0.15, 0.2) is 41.1 Å². The van der Waals surface area contributed by atoms with E-state index in [1.807, 2.05) is 39.9 Å². The zero-order valence-electron chi connectivity index (χ0n) is 16.9. The van der Waals surface area contributed by atoms with Crippen LogP contribution in [0.3, 0.4) is 0 Å². The van der Waals surface area contributed by atoms with Gasteiger partial charge in [0.2, 0.25) is 11.8 Å². The van der Waals surface area contributed by atoms with Crippen LogP contribution in [0.5, 0.6) is 5.75 Å². The molecule has 154 valence electrons. The third-order valence-electron chi connectivity index (χ3n) is 6.40. The lowest BCUT2D eigenvalue weighted by atomic mass is 9.90. The minimum Gasteiger partial charge on any atom is -0.497 e. The molecule has 1 saturated carbocycles. The lowest BCUT2D eigenvalue weighted by molar-refractivity contribution is -0.132. The van der Waals surface area contributed by atoms with Crippen LogP contribution in [-0.2, 0) is 22.4 Å². The highest BCUT2D eigenvalue weighted by Gasteiger charge is 2.58. The molecule has 2 fully saturated rings. The van der Waals surface area contributed by atoms with Gasteiger partial charge in [-0.05, 0) is 71.2 Å². The second-order valence-corrected chi connectivity index (χ2v) is 8.98. The van der Waals surface area contributed by atoms with Gasteiger partial charge in [0.05, 0.1) is 13.5 Å². The van der Waals surface area contributed by atoms with Crippen molar-refractivity contribution in [1.29, 1.82) is 0 Å². The van der Waals surface area contributed by atoms with Crippen molar-refractivity contribution in [3.63, 3.8) is 0 Å². The van der Waals surface area contributed by atoms with Gasteiger partial charge < -0.3 is 15.0 Å². The van der Waals surface area contributed by atoms with Crippen LogP contribution in [0.25, 0.3) is 0 Å². The molecule has 1 N–H and O–H groups in total. The monoisotopic (exact) mass is 412 g/mol. The molecular formula is C23H28N2O3S. The molecule has 1 saturated heterocycles. The van der Waals surface area contributed by atoms with E-state index in [0.717, 1.165) is 55.6 Å². The number of carbonyl (C=O) groups excluding carboxylic acids is 2. The molecule has 1 aromatic heterocycles. The number of thiophene rings is 1. The van der Waals surface area contributed by atoms with E-state index in [1.54, 1.807) is 18.4 Å². The van der Waals surface area contributed by atoms with Gasteiger partial charge in [-0.25, -0.2) is 0 Å². The van der Waals surface area contributed by atoms with Crippen LogP contribution >= 0.6 is 11.3 Å². The van der Waals surface area contributed by atoms with Gasteiger partial charge in [-0.15, -0.1) is 0 Å². The SMILES string of the molecule is COc1cccc(CCNC(=O)C2CC23CCN(C(=O)Cc2ccsc2)CC3)c1. The highest BCUT2D eigenvalue weighted by Crippen LogP contribution is 2.59. The third kappa shape index (κ3) is 4.64. The molecular weight excluding hydrogens is 384 g/mol. The predicted molar refractivity (Wildman–Crippen MR) is 114 cm³/mol. The predicted octanol–water partition coefficient (Wildman–Crippen LogP) is 3.29. The fourth-order valence-corrected chi connectivity index (χ4v) is 5.10. The number of likely N-dealkylation sites (tertiary alicyclic amines) is 1. The lowest BCUT2D eigenvalue weighted by Crippen LogP contribution is -2.41. The fourth-order valence-electron chi connectivity index (χ4n) is 4.43. The Kier molecular flexibility index (Phi) is 5.90. The summed E-state index contributed by atoms with van der Waals surface area (Å²) in [5.74, 6) is 1.33. The highest BCUT2D eigenvalue weighted by molar-refractivity contribution is 7.08. The van der Waals surface area contributed by atoms with Crippen molar-refractivity contribution in [3.8, 4) is 5.75 Å². The Hall–Kier alpha value is -2.34. The summed E-state index contributed by atoms with van der Waals surface area (Å²) in [5.41, 5.74) is 2.38. The first kappa shape index (κ1) is 20.0. The molecule has 2 aromatic rings. The Morgan fingerprint density at radius 1 is 1.24 bits per heavy atom. The van der Waals surface area contributed by atoms with Crippen molar-refractivity contribution in [2.24, 2.45) is 11.3 Å². The standard InChI is InChI=1S/C23H28N2O3S/c1-28-19-4-2-3-17(13-19)5-9-24-22(27)20-15-23(20)7-10-25(11-8-23)21(26)14-18-6-12-29-16-18/h2-4,6,12-13,16,20H,5,7-11,14-15H2,1H3,(H,24,27). The molecule has 0 bridgehead atoms. The van der Waals surface area contributed by atoms with Crippen molar-refractivity contribution in [3.05, 3.63) is 52.2 Å². The fraction of sp³-hybridized carbons (Fsp3) is 0.478. The van der Waals surface area contributed by atoms with E-state index < -0.39 is 0 Å². The summed E-state index contributed by atoms with van der Waals surface area (Å²) in [6.07, 6.45) is 4.13. The summed E-state index contributed by atoms with van der Waals surface area (Å²) >= 11 is 1.63. The molecule has 2 aliphatic rings. The van der Waals surface area contributed by atoms with Crippen molar-refractivity contribution < 1.29 is 14.3 Å². The first-order chi connectivity index (χ1) is 14.1. The second-order valence-electron chi connectivity index (χ2n) is 8.20. The minimum absolute atomic E-state index is 0.113. The van der Waals surface area contributed by atoms with E-state index in [-0.39, 0.29) is 23.1 Å². The summed E-state index contributed by atoms with van der Waals surface area (Å²) in [5, 5.41) is 7.15. The first-order valence-corrected chi connectivity index (χ1v) is 11.2. The van der Waals surface area contributed by atoms with Gasteiger partial charge in [-0.3, -0.25) is 9.59 Å². The van der Waals surface area contributed by atoms with E-state index in [1.165, 1.54) is 0 Å². The Morgan fingerprint density at radius 3 is 2.79 bits per heavy atom. The number of methoxy groups -OCH3 is 1. The lowest BCUT2D eigenvalue weighted by Gasteiger charge is -2.33. The summed E-state index contributed by atoms with van der Waals surface area (Å²) in [6, 6.07) is 9.97. The largest absolute Gasteiger partial charge is 0.497 e. The van der Waals surface area contributed by atoms with Crippen LogP contribution in [0.1, 0.15) is 30.4 Å². The van der Waals surface area contributed by atoms with Crippen molar-refractivity contribution in [2.45, 2.75) is 32.1 Å². The number of ether oxygens (including phenoxy) is 1. The van der Waals surface area contributed by atoms with E-state index in [4.69, 9.17) is 4.74 Å². The summed E-state index contributed by atoms with van der Waals surface area (Å²) in [7, 11) is 1.66. The van der Waals surface area contributed by atoms with Gasteiger partial charge in [-0.1, -0.05) is 12.1 Å². The zero-order chi connectivity index (χ0) is 20.3. The van der Waals surface area contributed by atoms with Crippen LogP contribution in [0.4, 0.5) is 0 Å². The number of hydrogen-bond donors (Lipinski definition) is 1. The average Bonchev–Trinajstić information content (AvgIpc) is 3.18. The molecule has 1 unspecified atom stereocenters. The first-order valence-electron chi connectivity index (χ1n) is 10.3. The maximum atomic E-state index is 12.6. The van der Waals surface area contributed by atoms with Crippen LogP contribution in [0.2, 0.25) is 0 Å². The maximum absolute atomic E-state index is 12.6. The smallest absolute Gasteiger partial charge is 0.227 e. The number of rotatable bonds is 7. The van der Waals surface area contributed by atoms with E-state index >= 15 is 0 Å². The molecule has 2 heterocycles. The number of hydrogen-bond acceptors (Lipinski definition) is 4. The number of amides is 2. The zero-order valence-corrected chi connectivity index (χ0v) is 17.7. The molecule has 5 nitrogen and oxygen atoms in total. The summed E-state index contributed by atoms with van der Waals surface area (Å²) in [6.45, 7) is 2.19. The number of carbonyl (C=O) groups is 2. The Morgan fingerprint density at radius 2 is 2.07 bits per heavy atom. The normalized spacial score (nSPS) is 19.8. The summed E-state index contributed by atoms with van der Waals surface area (Å²) < 4.78 is 5.25. The quantitative estimate of drug-likeness (QED) is 0.759. The molecule has 1 atom stereocenters. The molecule has 1 aromatic carbocycles. The molecule has 6 heteroatoms. The number of nitrogens with one attached hydrogen (secondary N) is 1. The third-order valence-corrected chi connectivity index (χ3v) is 7.13. The average molecular weight is 413 g/mol. The second kappa shape index (κ2) is 8.57. The molecule has 1 spiro atoms. The van der Waals surface area contributed by atoms with Gasteiger partial charge in [0, 0.05) is 25.6 Å². The van der Waals surface area contributed by atoms with Gasteiger partial charge >= 0.3 is 0 Å². The molecule has 29 heavy (non-hydrogen) atoms. The minimum atomic E-state index is 0.113. The number of nitrogens with zero attached hydrogens (tertiary/aromatic N) is 1. The van der Waals surface area contributed by atoms with Gasteiger partial charge in [0.15, 0.2) is 0 Å². The van der Waals surface area contributed by atoms with Gasteiger partial charge in [0.1, 0.15) is 5.75 Å². The van der Waals surface area contributed by atoms with Gasteiger partial charge in [0.25, 0.3) is 0 Å².